The third-order valence-electron chi connectivity index (χ3n) is 3.22. The van der Waals surface area contributed by atoms with Crippen LogP contribution in [0.15, 0.2) is 16.8 Å². The lowest BCUT2D eigenvalue weighted by Crippen LogP contribution is -2.27. The van der Waals surface area contributed by atoms with Crippen molar-refractivity contribution in [2.75, 3.05) is 42.3 Å². The average molecular weight is 306 g/mol. The molecule has 0 fully saturated rings. The number of rotatable bonds is 7. The molecule has 0 aromatic carbocycles. The number of nitrogens with one attached hydrogen (secondary N) is 1. The maximum absolute atomic E-state index is 4.60. The van der Waals surface area contributed by atoms with Gasteiger partial charge in [-0.1, -0.05) is 0 Å². The van der Waals surface area contributed by atoms with Gasteiger partial charge in [-0.25, -0.2) is 0 Å². The molecule has 114 valence electrons. The second-order valence-corrected chi connectivity index (χ2v) is 5.45. The summed E-state index contributed by atoms with van der Waals surface area (Å²) in [7, 11) is 3.82. The highest BCUT2D eigenvalue weighted by Gasteiger charge is 2.13. The molecular weight excluding hydrogens is 284 g/mol. The number of thiophene rings is 1. The first-order valence-corrected chi connectivity index (χ1v) is 8.03. The molecule has 2 aromatic heterocycles. The third kappa shape index (κ3) is 3.81. The summed E-state index contributed by atoms with van der Waals surface area (Å²) in [5, 5.41) is 7.23. The van der Waals surface area contributed by atoms with Crippen LogP contribution in [0.2, 0.25) is 0 Å². The van der Waals surface area contributed by atoms with Gasteiger partial charge in [0, 0.05) is 33.7 Å². The van der Waals surface area contributed by atoms with Gasteiger partial charge in [0.1, 0.15) is 0 Å². The normalized spacial score (nSPS) is 10.5. The molecule has 1 N–H and O–H groups in total. The largest absolute Gasteiger partial charge is 0.357 e. The van der Waals surface area contributed by atoms with Crippen molar-refractivity contribution in [3.63, 3.8) is 0 Å². The predicted molar refractivity (Wildman–Crippen MR) is 89.4 cm³/mol. The van der Waals surface area contributed by atoms with Gasteiger partial charge in [-0.05, 0) is 36.2 Å². The Hall–Kier alpha value is -1.89. The first-order valence-electron chi connectivity index (χ1n) is 7.08. The molecule has 0 saturated carbocycles. The molecule has 21 heavy (non-hydrogen) atoms. The molecule has 0 aliphatic rings. The van der Waals surface area contributed by atoms with Crippen molar-refractivity contribution < 1.29 is 0 Å². The molecule has 2 aromatic rings. The van der Waals surface area contributed by atoms with Crippen LogP contribution in [-0.2, 0) is 6.54 Å². The van der Waals surface area contributed by atoms with E-state index in [-0.39, 0.29) is 0 Å². The highest BCUT2D eigenvalue weighted by molar-refractivity contribution is 7.07. The van der Waals surface area contributed by atoms with Crippen molar-refractivity contribution in [3.8, 4) is 0 Å². The standard InChI is InChI=1S/C14H22N6S/c1-5-20(6-2)14-17-12(15-3)16-13(18-14)19(4)9-11-7-8-21-10-11/h7-8,10H,5-6,9H2,1-4H3,(H,15,16,17,18). The van der Waals surface area contributed by atoms with E-state index in [0.29, 0.717) is 17.8 Å². The number of hydrogen-bond acceptors (Lipinski definition) is 7. The molecule has 0 saturated heterocycles. The van der Waals surface area contributed by atoms with Crippen molar-refractivity contribution in [2.24, 2.45) is 0 Å². The first-order chi connectivity index (χ1) is 10.2. The molecule has 7 heteroatoms. The molecule has 0 atom stereocenters. The monoisotopic (exact) mass is 306 g/mol. The lowest BCUT2D eigenvalue weighted by atomic mass is 10.3. The smallest absolute Gasteiger partial charge is 0.232 e. The maximum atomic E-state index is 4.60. The van der Waals surface area contributed by atoms with Crippen LogP contribution >= 0.6 is 11.3 Å². The van der Waals surface area contributed by atoms with E-state index in [1.807, 2.05) is 19.0 Å². The Morgan fingerprint density at radius 1 is 1.14 bits per heavy atom. The fraction of sp³-hybridized carbons (Fsp3) is 0.500. The van der Waals surface area contributed by atoms with Gasteiger partial charge in [0.2, 0.25) is 17.8 Å². The maximum Gasteiger partial charge on any atom is 0.232 e. The van der Waals surface area contributed by atoms with Gasteiger partial charge in [0.25, 0.3) is 0 Å². The predicted octanol–water partition coefficient (Wildman–Crippen LogP) is 2.46. The molecular formula is C14H22N6S. The number of aromatic nitrogens is 3. The lowest BCUT2D eigenvalue weighted by Gasteiger charge is -2.22. The molecule has 0 amide bonds. The summed E-state index contributed by atoms with van der Waals surface area (Å²) in [4.78, 5) is 17.6. The minimum Gasteiger partial charge on any atom is -0.357 e. The van der Waals surface area contributed by atoms with Gasteiger partial charge < -0.3 is 15.1 Å². The quantitative estimate of drug-likeness (QED) is 0.848. The van der Waals surface area contributed by atoms with E-state index in [4.69, 9.17) is 0 Å². The van der Waals surface area contributed by atoms with E-state index in [2.05, 4.69) is 55.8 Å². The zero-order chi connectivity index (χ0) is 15.2. The SMILES string of the molecule is CCN(CC)c1nc(NC)nc(N(C)Cc2ccsc2)n1. The van der Waals surface area contributed by atoms with Crippen LogP contribution in [0, 0.1) is 0 Å². The van der Waals surface area contributed by atoms with E-state index in [9.17, 15) is 0 Å². The van der Waals surface area contributed by atoms with Crippen molar-refractivity contribution in [2.45, 2.75) is 20.4 Å². The third-order valence-corrected chi connectivity index (χ3v) is 3.96. The summed E-state index contributed by atoms with van der Waals surface area (Å²) in [5.74, 6) is 1.99. The zero-order valence-corrected chi connectivity index (χ0v) is 13.8. The van der Waals surface area contributed by atoms with Crippen molar-refractivity contribution in [1.82, 2.24) is 15.0 Å². The topological polar surface area (TPSA) is 57.2 Å². The average Bonchev–Trinajstić information content (AvgIpc) is 3.01. The molecule has 0 spiro atoms. The van der Waals surface area contributed by atoms with E-state index in [0.717, 1.165) is 19.6 Å². The Bertz CT molecular complexity index is 553. The van der Waals surface area contributed by atoms with Crippen LogP contribution in [-0.4, -0.2) is 42.1 Å². The molecule has 2 rings (SSSR count). The van der Waals surface area contributed by atoms with Crippen LogP contribution in [0.3, 0.4) is 0 Å². The molecule has 0 radical (unpaired) electrons. The van der Waals surface area contributed by atoms with E-state index in [1.165, 1.54) is 5.56 Å². The number of hydrogen-bond donors (Lipinski definition) is 1. The van der Waals surface area contributed by atoms with Gasteiger partial charge in [0.15, 0.2) is 0 Å². The summed E-state index contributed by atoms with van der Waals surface area (Å²) in [5.41, 5.74) is 1.26. The second-order valence-electron chi connectivity index (χ2n) is 4.67. The van der Waals surface area contributed by atoms with Crippen molar-refractivity contribution in [3.05, 3.63) is 22.4 Å². The van der Waals surface area contributed by atoms with Crippen molar-refractivity contribution in [1.29, 1.82) is 0 Å². The minimum atomic E-state index is 0.596. The van der Waals surface area contributed by atoms with Gasteiger partial charge in [0.05, 0.1) is 0 Å². The summed E-state index contributed by atoms with van der Waals surface area (Å²) < 4.78 is 0. The van der Waals surface area contributed by atoms with E-state index < -0.39 is 0 Å². The fourth-order valence-electron chi connectivity index (χ4n) is 2.01. The summed E-state index contributed by atoms with van der Waals surface area (Å²) >= 11 is 1.70. The number of anilines is 3. The zero-order valence-electron chi connectivity index (χ0n) is 13.0. The Morgan fingerprint density at radius 3 is 2.43 bits per heavy atom. The minimum absolute atomic E-state index is 0.596. The van der Waals surface area contributed by atoms with Crippen LogP contribution in [0.4, 0.5) is 17.8 Å². The fourth-order valence-corrected chi connectivity index (χ4v) is 2.67. The molecule has 0 aliphatic carbocycles. The van der Waals surface area contributed by atoms with Gasteiger partial charge in [-0.3, -0.25) is 0 Å². The Balaban J connectivity index is 2.27. The summed E-state index contributed by atoms with van der Waals surface area (Å²) in [6.07, 6.45) is 0. The summed E-state index contributed by atoms with van der Waals surface area (Å²) in [6.45, 7) is 6.73. The summed E-state index contributed by atoms with van der Waals surface area (Å²) in [6, 6.07) is 2.12. The molecule has 0 aliphatic heterocycles. The van der Waals surface area contributed by atoms with Gasteiger partial charge in [-0.15, -0.1) is 0 Å². The van der Waals surface area contributed by atoms with Crippen LogP contribution < -0.4 is 15.1 Å². The Kier molecular flexibility index (Phi) is 5.32. The van der Waals surface area contributed by atoms with E-state index >= 15 is 0 Å². The highest BCUT2D eigenvalue weighted by atomic mass is 32.1. The molecule has 2 heterocycles. The van der Waals surface area contributed by atoms with Crippen LogP contribution in [0.5, 0.6) is 0 Å². The lowest BCUT2D eigenvalue weighted by molar-refractivity contribution is 0.793. The van der Waals surface area contributed by atoms with E-state index in [1.54, 1.807) is 11.3 Å². The first kappa shape index (κ1) is 15.5. The number of nitrogens with zero attached hydrogens (tertiary/aromatic N) is 5. The second kappa shape index (κ2) is 7.21. The Morgan fingerprint density at radius 2 is 1.86 bits per heavy atom. The van der Waals surface area contributed by atoms with Crippen LogP contribution in [0.25, 0.3) is 0 Å². The highest BCUT2D eigenvalue weighted by Crippen LogP contribution is 2.18. The van der Waals surface area contributed by atoms with Gasteiger partial charge in [-0.2, -0.15) is 26.3 Å². The molecule has 6 nitrogen and oxygen atoms in total. The Labute approximate surface area is 129 Å². The van der Waals surface area contributed by atoms with Crippen molar-refractivity contribution >= 4 is 29.2 Å². The molecule has 0 unspecified atom stereocenters. The van der Waals surface area contributed by atoms with Gasteiger partial charge >= 0.3 is 0 Å². The molecule has 0 bridgehead atoms. The van der Waals surface area contributed by atoms with Crippen LogP contribution in [0.1, 0.15) is 19.4 Å².